The van der Waals surface area contributed by atoms with Gasteiger partial charge in [0.15, 0.2) is 0 Å². The third-order valence-electron chi connectivity index (χ3n) is 11.6. The molecule has 1 heterocycles. The average molecular weight is 678 g/mol. The maximum absolute atomic E-state index is 6.40. The normalized spacial score (nSPS) is 13.2. The molecule has 0 spiro atoms. The third-order valence-corrected chi connectivity index (χ3v) is 11.6. The van der Waals surface area contributed by atoms with E-state index in [-0.39, 0.29) is 5.41 Å². The van der Waals surface area contributed by atoms with Crippen LogP contribution in [0.1, 0.15) is 25.0 Å². The van der Waals surface area contributed by atoms with Gasteiger partial charge in [0, 0.05) is 39.3 Å². The van der Waals surface area contributed by atoms with Crippen molar-refractivity contribution in [3.63, 3.8) is 0 Å². The second-order valence-electron chi connectivity index (χ2n) is 14.9. The predicted molar refractivity (Wildman–Crippen MR) is 224 cm³/mol. The maximum Gasteiger partial charge on any atom is 0.137 e. The molecule has 11 rings (SSSR count). The largest absolute Gasteiger partial charge is 0.456 e. The summed E-state index contributed by atoms with van der Waals surface area (Å²) in [6, 6.07) is 64.3. The minimum atomic E-state index is -0.0532. The first kappa shape index (κ1) is 30.0. The molecule has 0 saturated heterocycles. The Morgan fingerprint density at radius 2 is 0.962 bits per heavy atom. The highest BCUT2D eigenvalue weighted by molar-refractivity contribution is 6.17. The van der Waals surface area contributed by atoms with Crippen LogP contribution in [-0.2, 0) is 5.41 Å². The molecule has 0 unspecified atom stereocenters. The third kappa shape index (κ3) is 4.52. The lowest BCUT2D eigenvalue weighted by Gasteiger charge is -2.27. The Morgan fingerprint density at radius 1 is 0.377 bits per heavy atom. The highest BCUT2D eigenvalue weighted by Gasteiger charge is 2.35. The zero-order valence-electron chi connectivity index (χ0n) is 29.6. The second kappa shape index (κ2) is 11.2. The van der Waals surface area contributed by atoms with Crippen LogP contribution >= 0.6 is 0 Å². The van der Waals surface area contributed by atoms with Crippen molar-refractivity contribution in [1.82, 2.24) is 0 Å². The summed E-state index contributed by atoms with van der Waals surface area (Å²) in [5.41, 5.74) is 12.7. The molecular weight excluding hydrogens is 643 g/mol. The molecule has 0 radical (unpaired) electrons. The molecule has 0 amide bonds. The fourth-order valence-corrected chi connectivity index (χ4v) is 8.95. The van der Waals surface area contributed by atoms with E-state index >= 15 is 0 Å². The molecule has 0 saturated carbocycles. The molecule has 0 aliphatic heterocycles. The standard InChI is InChI=1S/C51H35NO/c1-51(2)47-13-7-5-11-42(47)46-30-37(24-28-48(46)51)52(38-23-27-44-43-12-6-8-14-49(43)53-50(44)31-38)36-21-17-32(18-22-36)35-16-15-34-20-25-40-39-10-4-3-9-33(39)19-26-41(40)45(34)29-35/h3-31H,1-2H3. The lowest BCUT2D eigenvalue weighted by Crippen LogP contribution is -2.15. The molecule has 53 heavy (non-hydrogen) atoms. The first-order chi connectivity index (χ1) is 26.0. The second-order valence-corrected chi connectivity index (χ2v) is 14.9. The summed E-state index contributed by atoms with van der Waals surface area (Å²) in [5.74, 6) is 0. The maximum atomic E-state index is 6.40. The Hall–Kier alpha value is -6.64. The van der Waals surface area contributed by atoms with Gasteiger partial charge in [-0.2, -0.15) is 0 Å². The van der Waals surface area contributed by atoms with Gasteiger partial charge >= 0.3 is 0 Å². The van der Waals surface area contributed by atoms with Crippen LogP contribution in [0.15, 0.2) is 180 Å². The van der Waals surface area contributed by atoms with Crippen molar-refractivity contribution in [3.05, 3.63) is 187 Å². The molecule has 2 heteroatoms. The highest BCUT2D eigenvalue weighted by Crippen LogP contribution is 2.51. The molecular formula is C51H35NO. The monoisotopic (exact) mass is 677 g/mol. The number of hydrogen-bond acceptors (Lipinski definition) is 2. The van der Waals surface area contributed by atoms with Gasteiger partial charge in [0.2, 0.25) is 0 Å². The molecule has 10 aromatic rings. The highest BCUT2D eigenvalue weighted by atomic mass is 16.3. The van der Waals surface area contributed by atoms with E-state index in [1.54, 1.807) is 0 Å². The Labute approximate surface area is 308 Å². The molecule has 1 aliphatic rings. The number of para-hydroxylation sites is 1. The van der Waals surface area contributed by atoms with Crippen molar-refractivity contribution >= 4 is 71.3 Å². The van der Waals surface area contributed by atoms with Gasteiger partial charge in [-0.1, -0.05) is 135 Å². The molecule has 9 aromatic carbocycles. The van der Waals surface area contributed by atoms with E-state index in [1.807, 2.05) is 12.1 Å². The Kier molecular flexibility index (Phi) is 6.33. The molecule has 2 nitrogen and oxygen atoms in total. The van der Waals surface area contributed by atoms with Crippen LogP contribution in [0.2, 0.25) is 0 Å². The fraction of sp³-hybridized carbons (Fsp3) is 0.0588. The van der Waals surface area contributed by atoms with Gasteiger partial charge in [0.05, 0.1) is 0 Å². The van der Waals surface area contributed by atoms with Crippen LogP contribution in [-0.4, -0.2) is 0 Å². The zero-order valence-corrected chi connectivity index (χ0v) is 29.6. The number of anilines is 3. The predicted octanol–water partition coefficient (Wildman–Crippen LogP) is 14.5. The van der Waals surface area contributed by atoms with Gasteiger partial charge in [0.25, 0.3) is 0 Å². The van der Waals surface area contributed by atoms with E-state index in [4.69, 9.17) is 4.42 Å². The lowest BCUT2D eigenvalue weighted by molar-refractivity contribution is 0.660. The van der Waals surface area contributed by atoms with Gasteiger partial charge in [-0.15, -0.1) is 0 Å². The van der Waals surface area contributed by atoms with Crippen LogP contribution in [0.3, 0.4) is 0 Å². The quantitative estimate of drug-likeness (QED) is 0.172. The summed E-state index contributed by atoms with van der Waals surface area (Å²) in [6.07, 6.45) is 0. The van der Waals surface area contributed by atoms with E-state index < -0.39 is 0 Å². The van der Waals surface area contributed by atoms with E-state index in [2.05, 4.69) is 183 Å². The molecule has 1 aromatic heterocycles. The topological polar surface area (TPSA) is 16.4 Å². The fourth-order valence-electron chi connectivity index (χ4n) is 8.95. The zero-order chi connectivity index (χ0) is 35.3. The molecule has 0 atom stereocenters. The number of fused-ring (bicyclic) bond motifs is 11. The van der Waals surface area contributed by atoms with E-state index in [0.29, 0.717) is 0 Å². The van der Waals surface area contributed by atoms with Gasteiger partial charge < -0.3 is 9.32 Å². The summed E-state index contributed by atoms with van der Waals surface area (Å²) in [6.45, 7) is 4.67. The molecule has 0 N–H and O–H groups in total. The number of nitrogens with zero attached hydrogens (tertiary/aromatic N) is 1. The number of benzene rings is 9. The molecule has 1 aliphatic carbocycles. The smallest absolute Gasteiger partial charge is 0.137 e. The molecule has 0 fully saturated rings. The Bertz CT molecular complexity index is 3090. The first-order valence-corrected chi connectivity index (χ1v) is 18.4. The van der Waals surface area contributed by atoms with Crippen molar-refractivity contribution < 1.29 is 4.42 Å². The van der Waals surface area contributed by atoms with Gasteiger partial charge in [-0.3, -0.25) is 0 Å². The van der Waals surface area contributed by atoms with Crippen molar-refractivity contribution in [1.29, 1.82) is 0 Å². The van der Waals surface area contributed by atoms with E-state index in [1.165, 1.54) is 65.7 Å². The minimum absolute atomic E-state index is 0.0532. The lowest BCUT2D eigenvalue weighted by atomic mass is 9.82. The van der Waals surface area contributed by atoms with Crippen LogP contribution in [0.25, 0.3) is 76.5 Å². The molecule has 0 bridgehead atoms. The van der Waals surface area contributed by atoms with Crippen LogP contribution < -0.4 is 4.90 Å². The number of furan rings is 1. The van der Waals surface area contributed by atoms with Crippen LogP contribution in [0, 0.1) is 0 Å². The van der Waals surface area contributed by atoms with Crippen molar-refractivity contribution in [3.8, 4) is 22.3 Å². The van der Waals surface area contributed by atoms with Gasteiger partial charge in [-0.25, -0.2) is 0 Å². The van der Waals surface area contributed by atoms with Crippen LogP contribution in [0.4, 0.5) is 17.1 Å². The minimum Gasteiger partial charge on any atom is -0.456 e. The van der Waals surface area contributed by atoms with Crippen molar-refractivity contribution in [2.45, 2.75) is 19.3 Å². The van der Waals surface area contributed by atoms with Gasteiger partial charge in [-0.05, 0) is 114 Å². The Morgan fingerprint density at radius 3 is 1.83 bits per heavy atom. The summed E-state index contributed by atoms with van der Waals surface area (Å²) in [4.78, 5) is 2.36. The Balaban J connectivity index is 1.05. The number of hydrogen-bond donors (Lipinski definition) is 0. The van der Waals surface area contributed by atoms with Crippen molar-refractivity contribution in [2.75, 3.05) is 4.90 Å². The number of rotatable bonds is 4. The van der Waals surface area contributed by atoms with Gasteiger partial charge in [0.1, 0.15) is 11.2 Å². The molecule has 250 valence electrons. The first-order valence-electron chi connectivity index (χ1n) is 18.4. The average Bonchev–Trinajstić information content (AvgIpc) is 3.69. The summed E-state index contributed by atoms with van der Waals surface area (Å²) in [7, 11) is 0. The van der Waals surface area contributed by atoms with E-state index in [9.17, 15) is 0 Å². The summed E-state index contributed by atoms with van der Waals surface area (Å²) < 4.78 is 6.40. The SMILES string of the molecule is CC1(C)c2ccccc2-c2cc(N(c3ccc(-c4ccc5ccc6c7ccccc7ccc6c5c4)cc3)c3ccc4c(c3)oc3ccccc34)ccc21. The summed E-state index contributed by atoms with van der Waals surface area (Å²) in [5, 5.41) is 9.93. The van der Waals surface area contributed by atoms with E-state index in [0.717, 1.165) is 39.0 Å². The van der Waals surface area contributed by atoms with Crippen molar-refractivity contribution in [2.24, 2.45) is 0 Å². The summed E-state index contributed by atoms with van der Waals surface area (Å²) >= 11 is 0. The van der Waals surface area contributed by atoms with Crippen LogP contribution in [0.5, 0.6) is 0 Å².